The van der Waals surface area contributed by atoms with Gasteiger partial charge in [-0.15, -0.1) is 0 Å². The second-order valence-corrected chi connectivity index (χ2v) is 5.93. The van der Waals surface area contributed by atoms with Gasteiger partial charge in [-0.2, -0.15) is 5.26 Å². The normalized spacial score (nSPS) is 26.2. The molecule has 1 heterocycles. The Kier molecular flexibility index (Phi) is 9.78. The summed E-state index contributed by atoms with van der Waals surface area (Å²) in [7, 11) is 0. The van der Waals surface area contributed by atoms with Gasteiger partial charge in [0.2, 0.25) is 0 Å². The first-order chi connectivity index (χ1) is 13.6. The molecule has 11 nitrogen and oxygen atoms in total. The molecule has 1 fully saturated rings. The molecule has 0 saturated carbocycles. The van der Waals surface area contributed by atoms with Crippen molar-refractivity contribution in [2.75, 3.05) is 13.2 Å². The summed E-state index contributed by atoms with van der Waals surface area (Å²) >= 11 is 0. The lowest BCUT2D eigenvalue weighted by Crippen LogP contribution is -2.62. The van der Waals surface area contributed by atoms with Gasteiger partial charge in [0.05, 0.1) is 12.7 Å². The third-order valence-corrected chi connectivity index (χ3v) is 3.50. The van der Waals surface area contributed by atoms with Crippen LogP contribution in [0, 0.1) is 11.3 Å². The lowest BCUT2D eigenvalue weighted by Gasteiger charge is -2.43. The summed E-state index contributed by atoms with van der Waals surface area (Å²) in [6, 6.07) is 1.78. The molecular formula is C18H23NO10. The van der Waals surface area contributed by atoms with Crippen LogP contribution in [0.2, 0.25) is 0 Å². The van der Waals surface area contributed by atoms with Crippen molar-refractivity contribution in [3.05, 3.63) is 12.2 Å². The molecule has 29 heavy (non-hydrogen) atoms. The Morgan fingerprint density at radius 2 is 1.45 bits per heavy atom. The van der Waals surface area contributed by atoms with Crippen LogP contribution in [0.1, 0.15) is 27.7 Å². The molecule has 0 aliphatic carbocycles. The van der Waals surface area contributed by atoms with Crippen LogP contribution in [0.25, 0.3) is 0 Å². The minimum Gasteiger partial charge on any atom is -0.463 e. The van der Waals surface area contributed by atoms with Gasteiger partial charge in [0.1, 0.15) is 12.7 Å². The molecule has 5 atom stereocenters. The molecule has 1 aliphatic rings. The van der Waals surface area contributed by atoms with Crippen molar-refractivity contribution < 1.29 is 47.6 Å². The van der Waals surface area contributed by atoms with E-state index >= 15 is 0 Å². The molecule has 0 radical (unpaired) electrons. The Balaban J connectivity index is 3.24. The molecule has 160 valence electrons. The van der Waals surface area contributed by atoms with E-state index in [1.165, 1.54) is 19.1 Å². The predicted molar refractivity (Wildman–Crippen MR) is 92.7 cm³/mol. The van der Waals surface area contributed by atoms with E-state index in [-0.39, 0.29) is 13.2 Å². The standard InChI is InChI=1S/C18H23NO10/c1-10(20)25-9-14-15(26-11(2)21)16(27-12(3)22)17(28-13(4)23)18(29-14)24-8-6-5-7-19/h5-6,14-18H,8-9H2,1-4H3/b6-5+/t14-,15-,16+,17-,18-/m1/s1. The van der Waals surface area contributed by atoms with E-state index in [2.05, 4.69) is 0 Å². The maximum absolute atomic E-state index is 11.6. The lowest BCUT2D eigenvalue weighted by atomic mass is 9.98. The van der Waals surface area contributed by atoms with Crippen molar-refractivity contribution in [1.29, 1.82) is 5.26 Å². The van der Waals surface area contributed by atoms with Gasteiger partial charge < -0.3 is 28.4 Å². The number of rotatable bonds is 8. The van der Waals surface area contributed by atoms with Crippen molar-refractivity contribution in [2.24, 2.45) is 0 Å². The van der Waals surface area contributed by atoms with Gasteiger partial charge in [-0.1, -0.05) is 0 Å². The Morgan fingerprint density at radius 1 is 0.897 bits per heavy atom. The van der Waals surface area contributed by atoms with Crippen LogP contribution in [0.15, 0.2) is 12.2 Å². The van der Waals surface area contributed by atoms with Crippen LogP contribution in [0.3, 0.4) is 0 Å². The van der Waals surface area contributed by atoms with Gasteiger partial charge in [-0.25, -0.2) is 0 Å². The molecule has 0 bridgehead atoms. The number of nitriles is 1. The summed E-state index contributed by atoms with van der Waals surface area (Å²) < 4.78 is 31.8. The van der Waals surface area contributed by atoms with Gasteiger partial charge in [0.25, 0.3) is 0 Å². The van der Waals surface area contributed by atoms with E-state index in [9.17, 15) is 19.2 Å². The molecule has 0 aromatic heterocycles. The van der Waals surface area contributed by atoms with Crippen LogP contribution in [0.4, 0.5) is 0 Å². The first-order valence-corrected chi connectivity index (χ1v) is 8.62. The largest absolute Gasteiger partial charge is 0.463 e. The number of hydrogen-bond donors (Lipinski definition) is 0. The van der Waals surface area contributed by atoms with E-state index in [0.29, 0.717) is 0 Å². The minimum atomic E-state index is -1.29. The minimum absolute atomic E-state index is 0.0959. The monoisotopic (exact) mass is 413 g/mol. The molecule has 0 N–H and O–H groups in total. The highest BCUT2D eigenvalue weighted by Crippen LogP contribution is 2.29. The molecule has 1 rings (SSSR count). The summed E-state index contributed by atoms with van der Waals surface area (Å²) in [5, 5.41) is 8.55. The molecule has 0 spiro atoms. The highest BCUT2D eigenvalue weighted by atomic mass is 16.7. The van der Waals surface area contributed by atoms with Crippen molar-refractivity contribution >= 4 is 23.9 Å². The summed E-state index contributed by atoms with van der Waals surface area (Å²) in [6.45, 7) is 4.12. The third kappa shape index (κ3) is 8.28. The van der Waals surface area contributed by atoms with Gasteiger partial charge in [-0.3, -0.25) is 19.2 Å². The first-order valence-electron chi connectivity index (χ1n) is 8.62. The van der Waals surface area contributed by atoms with Crippen LogP contribution in [-0.2, 0) is 47.6 Å². The van der Waals surface area contributed by atoms with Gasteiger partial charge in [0.15, 0.2) is 24.6 Å². The highest BCUT2D eigenvalue weighted by molar-refractivity contribution is 5.68. The SMILES string of the molecule is CC(=O)OC[C@H]1O[C@@H](OC/C=C/C#N)[C@H](OC(C)=O)[C@@H](OC(C)=O)[C@@H]1OC(C)=O. The molecule has 0 unspecified atom stereocenters. The van der Waals surface area contributed by atoms with Crippen molar-refractivity contribution in [3.63, 3.8) is 0 Å². The fourth-order valence-corrected chi connectivity index (χ4v) is 2.57. The Labute approximate surface area is 167 Å². The van der Waals surface area contributed by atoms with E-state index in [4.69, 9.17) is 33.7 Å². The highest BCUT2D eigenvalue weighted by Gasteiger charge is 2.52. The Hall–Kier alpha value is -2.97. The maximum atomic E-state index is 11.6. The number of carbonyl (C=O) groups excluding carboxylic acids is 4. The van der Waals surface area contributed by atoms with Crippen molar-refractivity contribution in [3.8, 4) is 6.07 Å². The van der Waals surface area contributed by atoms with Crippen LogP contribution in [0.5, 0.6) is 0 Å². The molecule has 1 saturated heterocycles. The maximum Gasteiger partial charge on any atom is 0.303 e. The number of carbonyl (C=O) groups is 4. The number of allylic oxidation sites excluding steroid dienone is 1. The quantitative estimate of drug-likeness (QED) is 0.304. The second kappa shape index (κ2) is 11.8. The zero-order valence-electron chi connectivity index (χ0n) is 16.5. The van der Waals surface area contributed by atoms with Gasteiger partial charge in [0, 0.05) is 33.8 Å². The number of ether oxygens (including phenoxy) is 6. The number of nitrogens with zero attached hydrogens (tertiary/aromatic N) is 1. The second-order valence-electron chi connectivity index (χ2n) is 5.93. The Bertz CT molecular complexity index is 683. The summed E-state index contributed by atoms with van der Waals surface area (Å²) in [5.41, 5.74) is 0. The van der Waals surface area contributed by atoms with Gasteiger partial charge >= 0.3 is 23.9 Å². The van der Waals surface area contributed by atoms with Crippen molar-refractivity contribution in [2.45, 2.75) is 58.4 Å². The van der Waals surface area contributed by atoms with E-state index in [1.807, 2.05) is 0 Å². The zero-order valence-corrected chi connectivity index (χ0v) is 16.5. The number of esters is 4. The van der Waals surface area contributed by atoms with Gasteiger partial charge in [-0.05, 0) is 6.08 Å². The summed E-state index contributed by atoms with van der Waals surface area (Å²) in [4.78, 5) is 46.0. The number of hydrogen-bond acceptors (Lipinski definition) is 11. The average Bonchev–Trinajstić information content (AvgIpc) is 2.60. The smallest absolute Gasteiger partial charge is 0.303 e. The molecule has 0 amide bonds. The van der Waals surface area contributed by atoms with Crippen LogP contribution in [-0.4, -0.2) is 67.8 Å². The molecule has 0 aromatic carbocycles. The fraction of sp³-hybridized carbons (Fsp3) is 0.611. The van der Waals surface area contributed by atoms with E-state index < -0.39 is 54.6 Å². The van der Waals surface area contributed by atoms with Crippen LogP contribution < -0.4 is 0 Å². The van der Waals surface area contributed by atoms with E-state index in [1.54, 1.807) is 6.07 Å². The molecule has 1 aliphatic heterocycles. The average molecular weight is 413 g/mol. The first kappa shape index (κ1) is 24.1. The molecule has 11 heteroatoms. The summed E-state index contributed by atoms with van der Waals surface area (Å²) in [5.74, 6) is -2.80. The zero-order chi connectivity index (χ0) is 22.0. The van der Waals surface area contributed by atoms with Crippen LogP contribution >= 0.6 is 0 Å². The Morgan fingerprint density at radius 3 is 1.97 bits per heavy atom. The third-order valence-electron chi connectivity index (χ3n) is 3.50. The predicted octanol–water partition coefficient (Wildman–Crippen LogP) is 0.166. The topological polar surface area (TPSA) is 147 Å². The van der Waals surface area contributed by atoms with E-state index in [0.717, 1.165) is 20.8 Å². The fourth-order valence-electron chi connectivity index (χ4n) is 2.57. The lowest BCUT2D eigenvalue weighted by molar-refractivity contribution is -0.305. The molecule has 0 aromatic rings. The summed E-state index contributed by atoms with van der Waals surface area (Å²) in [6.07, 6.45) is -3.61. The molecular weight excluding hydrogens is 390 g/mol. The van der Waals surface area contributed by atoms with Crippen molar-refractivity contribution in [1.82, 2.24) is 0 Å².